The van der Waals surface area contributed by atoms with Gasteiger partial charge in [-0.25, -0.2) is 8.78 Å². The van der Waals surface area contributed by atoms with Crippen LogP contribution in [-0.2, 0) is 15.0 Å². The summed E-state index contributed by atoms with van der Waals surface area (Å²) in [5.41, 5.74) is -0.569. The Bertz CT molecular complexity index is 1310. The van der Waals surface area contributed by atoms with Crippen molar-refractivity contribution in [1.82, 2.24) is 5.32 Å². The highest BCUT2D eigenvalue weighted by Crippen LogP contribution is 2.58. The lowest BCUT2D eigenvalue weighted by Crippen LogP contribution is -2.49. The highest BCUT2D eigenvalue weighted by Gasteiger charge is 2.66. The molecule has 2 fully saturated rings. The van der Waals surface area contributed by atoms with Gasteiger partial charge in [0.15, 0.2) is 5.78 Å². The summed E-state index contributed by atoms with van der Waals surface area (Å²) >= 11 is 12.3. The third kappa shape index (κ3) is 4.47. The summed E-state index contributed by atoms with van der Waals surface area (Å²) in [4.78, 5) is 28.1. The molecule has 3 aliphatic rings. The van der Waals surface area contributed by atoms with Gasteiger partial charge in [0.25, 0.3) is 0 Å². The minimum Gasteiger partial charge on any atom is -0.325 e. The number of nitrogens with one attached hydrogen (secondary N) is 2. The SMILES string of the molecule is CC(C)(C)C[C@@H]1N[C@@H](C(=O)CC2CC(C)(C)C2)[C@H](c2cccc(Cl)c2F)[C@]12C(=O)Nc1cc(Cl)c(F)cc12. The maximum absolute atomic E-state index is 15.8. The van der Waals surface area contributed by atoms with E-state index in [4.69, 9.17) is 23.2 Å². The quantitative estimate of drug-likeness (QED) is 0.398. The van der Waals surface area contributed by atoms with Crippen LogP contribution in [0.3, 0.4) is 0 Å². The Hall–Kier alpha value is -2.02. The first-order valence-electron chi connectivity index (χ1n) is 13.2. The number of ketones is 1. The molecule has 1 amide bonds. The van der Waals surface area contributed by atoms with Crippen molar-refractivity contribution in [3.63, 3.8) is 0 Å². The monoisotopic (exact) mass is 562 g/mol. The van der Waals surface area contributed by atoms with Gasteiger partial charge in [-0.05, 0) is 65.3 Å². The van der Waals surface area contributed by atoms with E-state index in [1.807, 2.05) is 20.8 Å². The predicted octanol–water partition coefficient (Wildman–Crippen LogP) is 7.42. The summed E-state index contributed by atoms with van der Waals surface area (Å²) in [5.74, 6) is -2.51. The zero-order chi connectivity index (χ0) is 27.8. The molecule has 1 spiro atoms. The Kier molecular flexibility index (Phi) is 6.72. The number of carbonyl (C=O) groups is 2. The summed E-state index contributed by atoms with van der Waals surface area (Å²) in [7, 11) is 0. The van der Waals surface area contributed by atoms with Gasteiger partial charge < -0.3 is 10.6 Å². The Morgan fingerprint density at radius 1 is 1.11 bits per heavy atom. The van der Waals surface area contributed by atoms with Crippen LogP contribution >= 0.6 is 23.2 Å². The van der Waals surface area contributed by atoms with Crippen molar-refractivity contribution in [2.45, 2.75) is 83.7 Å². The van der Waals surface area contributed by atoms with E-state index in [1.54, 1.807) is 12.1 Å². The molecule has 1 aliphatic carbocycles. The van der Waals surface area contributed by atoms with Crippen molar-refractivity contribution in [1.29, 1.82) is 0 Å². The lowest BCUT2D eigenvalue weighted by atomic mass is 9.60. The smallest absolute Gasteiger partial charge is 0.237 e. The molecule has 38 heavy (non-hydrogen) atoms. The second-order valence-corrected chi connectivity index (χ2v) is 14.1. The lowest BCUT2D eigenvalue weighted by Gasteiger charge is -2.43. The molecular formula is C30H34Cl2F2N2O2. The molecule has 2 aliphatic heterocycles. The fourth-order valence-corrected chi connectivity index (χ4v) is 7.62. The molecule has 1 saturated carbocycles. The summed E-state index contributed by atoms with van der Waals surface area (Å²) in [6.07, 6.45) is 2.70. The summed E-state index contributed by atoms with van der Waals surface area (Å²) in [6.45, 7) is 10.5. The average molecular weight is 564 g/mol. The molecule has 4 atom stereocenters. The molecule has 0 radical (unpaired) electrons. The largest absolute Gasteiger partial charge is 0.325 e. The van der Waals surface area contributed by atoms with E-state index in [9.17, 15) is 14.0 Å². The molecule has 5 rings (SSSR count). The van der Waals surface area contributed by atoms with Crippen LogP contribution in [-0.4, -0.2) is 23.8 Å². The highest BCUT2D eigenvalue weighted by molar-refractivity contribution is 6.31. The van der Waals surface area contributed by atoms with Crippen molar-refractivity contribution in [3.8, 4) is 0 Å². The molecule has 2 aromatic rings. The van der Waals surface area contributed by atoms with Crippen molar-refractivity contribution >= 4 is 40.6 Å². The second-order valence-electron chi connectivity index (χ2n) is 13.3. The van der Waals surface area contributed by atoms with Crippen LogP contribution in [0.2, 0.25) is 10.0 Å². The van der Waals surface area contributed by atoms with Gasteiger partial charge in [-0.15, -0.1) is 0 Å². The van der Waals surface area contributed by atoms with Gasteiger partial charge in [0.2, 0.25) is 5.91 Å². The first kappa shape index (κ1) is 27.5. The Labute approximate surface area is 232 Å². The normalized spacial score (nSPS) is 28.3. The average Bonchev–Trinajstić information content (AvgIpc) is 3.24. The van der Waals surface area contributed by atoms with Gasteiger partial charge in [-0.1, -0.05) is 70.0 Å². The standard InChI is InChI=1S/C30H34Cl2F2N2O2/c1-28(2,3)14-23-30(17-10-20(33)19(32)11-21(17)35-27(30)38)24(16-7-6-8-18(31)25(16)34)26(36-23)22(37)9-15-12-29(4,5)13-15/h6-8,10-11,15,23-24,26,36H,9,12-14H2,1-5H3,(H,35,38)/t23-,24-,26-,30+/m0/s1. The first-order valence-corrected chi connectivity index (χ1v) is 13.9. The molecule has 0 aromatic heterocycles. The molecule has 1 saturated heterocycles. The van der Waals surface area contributed by atoms with E-state index >= 15 is 4.39 Å². The number of hydrogen-bond donors (Lipinski definition) is 2. The molecule has 8 heteroatoms. The van der Waals surface area contributed by atoms with Gasteiger partial charge >= 0.3 is 0 Å². The fourth-order valence-electron chi connectivity index (χ4n) is 7.27. The Morgan fingerprint density at radius 3 is 2.42 bits per heavy atom. The van der Waals surface area contributed by atoms with Crippen LogP contribution in [0.1, 0.15) is 77.3 Å². The molecule has 0 bridgehead atoms. The van der Waals surface area contributed by atoms with E-state index in [2.05, 4.69) is 24.5 Å². The van der Waals surface area contributed by atoms with Crippen LogP contribution in [0.15, 0.2) is 30.3 Å². The zero-order valence-electron chi connectivity index (χ0n) is 22.4. The van der Waals surface area contributed by atoms with Crippen molar-refractivity contribution in [3.05, 3.63) is 63.1 Å². The van der Waals surface area contributed by atoms with E-state index in [1.165, 1.54) is 18.2 Å². The molecule has 2 N–H and O–H groups in total. The third-order valence-electron chi connectivity index (χ3n) is 8.54. The first-order chi connectivity index (χ1) is 17.6. The minimum atomic E-state index is -1.45. The van der Waals surface area contributed by atoms with Gasteiger partial charge in [0.05, 0.1) is 16.1 Å². The predicted molar refractivity (Wildman–Crippen MR) is 147 cm³/mol. The van der Waals surface area contributed by atoms with Crippen molar-refractivity contribution in [2.24, 2.45) is 16.7 Å². The lowest BCUT2D eigenvalue weighted by molar-refractivity contribution is -0.124. The minimum absolute atomic E-state index is 0.0682. The number of Topliss-reactive ketones (excluding diaryl/α,β-unsaturated/α-hetero) is 1. The molecule has 0 unspecified atom stereocenters. The maximum Gasteiger partial charge on any atom is 0.237 e. The number of benzene rings is 2. The second kappa shape index (κ2) is 9.28. The van der Waals surface area contributed by atoms with Gasteiger partial charge in [0.1, 0.15) is 17.0 Å². The number of halogens is 4. The van der Waals surface area contributed by atoms with E-state index < -0.39 is 41.0 Å². The Balaban J connectivity index is 1.71. The number of rotatable bonds is 5. The maximum atomic E-state index is 15.8. The molecule has 2 aromatic carbocycles. The van der Waals surface area contributed by atoms with Crippen molar-refractivity contribution < 1.29 is 18.4 Å². The number of fused-ring (bicyclic) bond motifs is 2. The van der Waals surface area contributed by atoms with Crippen LogP contribution < -0.4 is 10.6 Å². The van der Waals surface area contributed by atoms with Gasteiger partial charge in [-0.3, -0.25) is 9.59 Å². The number of carbonyl (C=O) groups excluding carboxylic acids is 2. The Morgan fingerprint density at radius 2 is 1.79 bits per heavy atom. The number of amides is 1. The van der Waals surface area contributed by atoms with Crippen LogP contribution in [0.5, 0.6) is 0 Å². The van der Waals surface area contributed by atoms with Crippen LogP contribution in [0, 0.1) is 28.4 Å². The van der Waals surface area contributed by atoms with Gasteiger partial charge in [-0.2, -0.15) is 0 Å². The summed E-state index contributed by atoms with van der Waals surface area (Å²) < 4.78 is 30.8. The van der Waals surface area contributed by atoms with Crippen LogP contribution in [0.25, 0.3) is 0 Å². The van der Waals surface area contributed by atoms with E-state index in [0.717, 1.165) is 12.8 Å². The van der Waals surface area contributed by atoms with E-state index in [0.29, 0.717) is 24.1 Å². The third-order valence-corrected chi connectivity index (χ3v) is 9.12. The number of anilines is 1. The van der Waals surface area contributed by atoms with Gasteiger partial charge in [0, 0.05) is 24.1 Å². The molecular weight excluding hydrogens is 529 g/mol. The highest BCUT2D eigenvalue weighted by atomic mass is 35.5. The topological polar surface area (TPSA) is 58.2 Å². The summed E-state index contributed by atoms with van der Waals surface area (Å²) in [5, 5.41) is 6.15. The van der Waals surface area contributed by atoms with Crippen LogP contribution in [0.4, 0.5) is 14.5 Å². The molecule has 2 heterocycles. The van der Waals surface area contributed by atoms with E-state index in [-0.39, 0.29) is 38.1 Å². The summed E-state index contributed by atoms with van der Waals surface area (Å²) in [6, 6.07) is 5.89. The fraction of sp³-hybridized carbons (Fsp3) is 0.533. The van der Waals surface area contributed by atoms with Crippen molar-refractivity contribution in [2.75, 3.05) is 5.32 Å². The zero-order valence-corrected chi connectivity index (χ0v) is 23.9. The number of hydrogen-bond acceptors (Lipinski definition) is 3. The molecule has 4 nitrogen and oxygen atoms in total. The molecule has 204 valence electrons.